The highest BCUT2D eigenvalue weighted by Crippen LogP contribution is 2.47. The van der Waals surface area contributed by atoms with Crippen LogP contribution in [0.2, 0.25) is 0 Å². The molecule has 1 N–H and O–H groups in total. The molecule has 1 amide bonds. The Hall–Kier alpha value is -2.33. The average molecular weight is 352 g/mol. The molecule has 138 valence electrons. The molecule has 1 saturated carbocycles. The van der Waals surface area contributed by atoms with Crippen LogP contribution in [-0.4, -0.2) is 25.3 Å². The lowest BCUT2D eigenvalue weighted by Gasteiger charge is -2.43. The van der Waals surface area contributed by atoms with E-state index in [1.54, 1.807) is 12.2 Å². The second kappa shape index (κ2) is 8.37. The number of rotatable bonds is 6. The molecule has 3 unspecified atom stereocenters. The number of amides is 1. The highest BCUT2D eigenvalue weighted by atomic mass is 16.6. The van der Waals surface area contributed by atoms with Gasteiger partial charge in [0.05, 0.1) is 5.69 Å². The van der Waals surface area contributed by atoms with E-state index in [9.17, 15) is 4.79 Å². The summed E-state index contributed by atoms with van der Waals surface area (Å²) in [5, 5.41) is 3.64. The number of benzene rings is 1. The zero-order valence-corrected chi connectivity index (χ0v) is 15.5. The Labute approximate surface area is 156 Å². The van der Waals surface area contributed by atoms with Crippen molar-refractivity contribution in [2.24, 2.45) is 5.92 Å². The van der Waals surface area contributed by atoms with Crippen molar-refractivity contribution in [2.45, 2.75) is 38.3 Å². The number of carbonyl (C=O) groups excluding carboxylic acids is 1. The Morgan fingerprint density at radius 2 is 2.15 bits per heavy atom. The van der Waals surface area contributed by atoms with E-state index in [4.69, 9.17) is 4.74 Å². The maximum atomic E-state index is 13.0. The van der Waals surface area contributed by atoms with E-state index in [0.29, 0.717) is 12.0 Å². The lowest BCUT2D eigenvalue weighted by molar-refractivity contribution is 0.156. The molecule has 0 radical (unpaired) electrons. The van der Waals surface area contributed by atoms with Crippen LogP contribution in [0.15, 0.2) is 61.2 Å². The number of allylic oxidation sites excluding steroid dienone is 2. The molecule has 2 aliphatic rings. The van der Waals surface area contributed by atoms with Gasteiger partial charge in [-0.3, -0.25) is 4.90 Å². The SMILES string of the molecule is C=C/C=C(\C=C)COC(=O)N1c2ccccc2C(NCC)C2CCCC21. The minimum atomic E-state index is -0.277. The quantitative estimate of drug-likeness (QED) is 0.751. The predicted molar refractivity (Wildman–Crippen MR) is 106 cm³/mol. The van der Waals surface area contributed by atoms with Gasteiger partial charge < -0.3 is 10.1 Å². The van der Waals surface area contributed by atoms with E-state index < -0.39 is 0 Å². The second-order valence-electron chi connectivity index (χ2n) is 6.86. The number of hydrogen-bond donors (Lipinski definition) is 1. The van der Waals surface area contributed by atoms with Crippen molar-refractivity contribution in [1.82, 2.24) is 5.32 Å². The molecular weight excluding hydrogens is 324 g/mol. The summed E-state index contributed by atoms with van der Waals surface area (Å²) in [5.41, 5.74) is 3.01. The maximum Gasteiger partial charge on any atom is 0.414 e. The predicted octanol–water partition coefficient (Wildman–Crippen LogP) is 4.76. The highest BCUT2D eigenvalue weighted by Gasteiger charge is 2.46. The smallest absolute Gasteiger partial charge is 0.414 e. The van der Waals surface area contributed by atoms with Gasteiger partial charge in [-0.05, 0) is 42.5 Å². The molecule has 0 saturated heterocycles. The fourth-order valence-corrected chi connectivity index (χ4v) is 4.31. The summed E-state index contributed by atoms with van der Waals surface area (Å²) in [6.07, 6.45) is 8.20. The number of nitrogens with zero attached hydrogens (tertiary/aromatic N) is 1. The summed E-state index contributed by atoms with van der Waals surface area (Å²) < 4.78 is 5.63. The van der Waals surface area contributed by atoms with Gasteiger partial charge in [0.25, 0.3) is 0 Å². The van der Waals surface area contributed by atoms with Crippen LogP contribution in [0.25, 0.3) is 0 Å². The number of anilines is 1. The number of nitrogens with one attached hydrogen (secondary N) is 1. The standard InChI is InChI=1S/C22H28N2O2/c1-4-10-16(5-2)15-26-22(25)24-19-13-8-7-11-17(19)21(23-6-3)18-12-9-14-20(18)24/h4-5,7-8,10-11,13,18,20-21,23H,1-2,6,9,12,14-15H2,3H3/b16-10+. The largest absolute Gasteiger partial charge is 0.444 e. The molecule has 4 nitrogen and oxygen atoms in total. The van der Waals surface area contributed by atoms with Crippen molar-refractivity contribution in [2.75, 3.05) is 18.1 Å². The Morgan fingerprint density at radius 1 is 1.35 bits per heavy atom. The molecule has 3 rings (SSSR count). The van der Waals surface area contributed by atoms with Crippen LogP contribution in [-0.2, 0) is 4.74 Å². The molecule has 1 heterocycles. The summed E-state index contributed by atoms with van der Waals surface area (Å²) in [5.74, 6) is 0.431. The Balaban J connectivity index is 1.89. The Bertz CT molecular complexity index is 710. The topological polar surface area (TPSA) is 41.6 Å². The third kappa shape index (κ3) is 3.47. The summed E-state index contributed by atoms with van der Waals surface area (Å²) in [7, 11) is 0. The van der Waals surface area contributed by atoms with E-state index in [1.165, 1.54) is 5.56 Å². The zero-order valence-electron chi connectivity index (χ0n) is 15.5. The fraction of sp³-hybridized carbons (Fsp3) is 0.409. The Morgan fingerprint density at radius 3 is 2.88 bits per heavy atom. The van der Waals surface area contributed by atoms with Crippen LogP contribution in [0.1, 0.15) is 37.8 Å². The number of hydrogen-bond acceptors (Lipinski definition) is 3. The summed E-state index contributed by atoms with van der Waals surface area (Å²) >= 11 is 0. The fourth-order valence-electron chi connectivity index (χ4n) is 4.31. The van der Waals surface area contributed by atoms with E-state index >= 15 is 0 Å². The molecule has 1 aromatic carbocycles. The first-order chi connectivity index (χ1) is 12.7. The van der Waals surface area contributed by atoms with Gasteiger partial charge in [-0.1, -0.05) is 62.9 Å². The average Bonchev–Trinajstić information content (AvgIpc) is 3.14. The van der Waals surface area contributed by atoms with Gasteiger partial charge in [-0.15, -0.1) is 0 Å². The molecule has 4 heteroatoms. The minimum absolute atomic E-state index is 0.192. The monoisotopic (exact) mass is 352 g/mol. The van der Waals surface area contributed by atoms with Crippen molar-refractivity contribution in [1.29, 1.82) is 0 Å². The highest BCUT2D eigenvalue weighted by molar-refractivity contribution is 5.90. The molecule has 0 bridgehead atoms. The van der Waals surface area contributed by atoms with E-state index in [1.807, 2.05) is 29.2 Å². The zero-order chi connectivity index (χ0) is 18.5. The third-order valence-corrected chi connectivity index (χ3v) is 5.40. The van der Waals surface area contributed by atoms with Gasteiger partial charge in [-0.2, -0.15) is 0 Å². The van der Waals surface area contributed by atoms with Gasteiger partial charge in [-0.25, -0.2) is 4.79 Å². The Kier molecular flexibility index (Phi) is 5.94. The molecular formula is C22H28N2O2. The maximum absolute atomic E-state index is 13.0. The minimum Gasteiger partial charge on any atom is -0.444 e. The van der Waals surface area contributed by atoms with Crippen molar-refractivity contribution >= 4 is 11.8 Å². The van der Waals surface area contributed by atoms with E-state index in [0.717, 1.165) is 37.1 Å². The number of ether oxygens (including phenoxy) is 1. The van der Waals surface area contributed by atoms with E-state index in [-0.39, 0.29) is 18.7 Å². The first kappa shape index (κ1) is 18.5. The van der Waals surface area contributed by atoms with Crippen LogP contribution in [0, 0.1) is 5.92 Å². The van der Waals surface area contributed by atoms with Crippen molar-refractivity contribution in [3.05, 3.63) is 66.8 Å². The first-order valence-corrected chi connectivity index (χ1v) is 9.43. The van der Waals surface area contributed by atoms with Gasteiger partial charge in [0.15, 0.2) is 0 Å². The summed E-state index contributed by atoms with van der Waals surface area (Å²) in [4.78, 5) is 14.9. The van der Waals surface area contributed by atoms with Crippen molar-refractivity contribution in [3.63, 3.8) is 0 Å². The van der Waals surface area contributed by atoms with Gasteiger partial charge in [0.1, 0.15) is 6.61 Å². The van der Waals surface area contributed by atoms with Crippen LogP contribution >= 0.6 is 0 Å². The van der Waals surface area contributed by atoms with Crippen LogP contribution < -0.4 is 10.2 Å². The molecule has 1 aromatic rings. The molecule has 0 aromatic heterocycles. The summed E-state index contributed by atoms with van der Waals surface area (Å²) in [6, 6.07) is 8.69. The molecule has 0 spiro atoms. The van der Waals surface area contributed by atoms with Crippen LogP contribution in [0.4, 0.5) is 10.5 Å². The number of carbonyl (C=O) groups is 1. The van der Waals surface area contributed by atoms with Crippen LogP contribution in [0.3, 0.4) is 0 Å². The lowest BCUT2D eigenvalue weighted by Crippen LogP contribution is -2.50. The van der Waals surface area contributed by atoms with Crippen LogP contribution in [0.5, 0.6) is 0 Å². The molecule has 1 aliphatic heterocycles. The van der Waals surface area contributed by atoms with Gasteiger partial charge in [0.2, 0.25) is 0 Å². The number of fused-ring (bicyclic) bond motifs is 2. The molecule has 3 atom stereocenters. The van der Waals surface area contributed by atoms with Gasteiger partial charge in [0, 0.05) is 12.1 Å². The van der Waals surface area contributed by atoms with Gasteiger partial charge >= 0.3 is 6.09 Å². The normalized spacial score (nSPS) is 24.6. The third-order valence-electron chi connectivity index (χ3n) is 5.40. The second-order valence-corrected chi connectivity index (χ2v) is 6.86. The summed E-state index contributed by atoms with van der Waals surface area (Å²) in [6.45, 7) is 10.7. The molecule has 26 heavy (non-hydrogen) atoms. The first-order valence-electron chi connectivity index (χ1n) is 9.43. The lowest BCUT2D eigenvalue weighted by atomic mass is 9.83. The van der Waals surface area contributed by atoms with E-state index in [2.05, 4.69) is 31.5 Å². The van der Waals surface area contributed by atoms with Crippen molar-refractivity contribution < 1.29 is 9.53 Å². The molecule has 1 aliphatic carbocycles. The van der Waals surface area contributed by atoms with Crippen molar-refractivity contribution in [3.8, 4) is 0 Å². The number of para-hydroxylation sites is 1. The molecule has 1 fully saturated rings.